The molecule has 0 aliphatic heterocycles. The van der Waals surface area contributed by atoms with E-state index in [4.69, 9.17) is 0 Å². The highest BCUT2D eigenvalue weighted by Gasteiger charge is 2.23. The number of hydrogen-bond acceptors (Lipinski definition) is 4. The summed E-state index contributed by atoms with van der Waals surface area (Å²) in [6.07, 6.45) is 0. The van der Waals surface area contributed by atoms with Gasteiger partial charge in [-0.15, -0.1) is 0 Å². The minimum absolute atomic E-state index is 0.585. The lowest BCUT2D eigenvalue weighted by Gasteiger charge is -2.31. The molecule has 0 unspecified atom stereocenters. The summed E-state index contributed by atoms with van der Waals surface area (Å²) in [6, 6.07) is 54.2. The molecular formula is C39H24N4. The Morgan fingerprint density at radius 3 is 0.953 bits per heavy atom. The molecule has 0 aromatic heterocycles. The van der Waals surface area contributed by atoms with Gasteiger partial charge in [-0.05, 0) is 71.3 Å². The van der Waals surface area contributed by atoms with Crippen LogP contribution in [0.5, 0.6) is 0 Å². The zero-order valence-electron chi connectivity index (χ0n) is 23.1. The number of anilines is 3. The first-order valence-corrected chi connectivity index (χ1v) is 13.8. The van der Waals surface area contributed by atoms with Crippen molar-refractivity contribution in [2.45, 2.75) is 0 Å². The second-order valence-electron chi connectivity index (χ2n) is 9.96. The topological polar surface area (TPSA) is 74.6 Å². The monoisotopic (exact) mass is 548 g/mol. The lowest BCUT2D eigenvalue weighted by atomic mass is 9.95. The Bertz CT molecular complexity index is 1850. The van der Waals surface area contributed by atoms with E-state index in [0.29, 0.717) is 16.7 Å². The smallest absolute Gasteiger partial charge is 0.0991 e. The van der Waals surface area contributed by atoms with Crippen LogP contribution in [-0.4, -0.2) is 0 Å². The zero-order chi connectivity index (χ0) is 29.6. The first-order chi connectivity index (χ1) is 21.2. The number of para-hydroxylation sites is 3. The third-order valence-electron chi connectivity index (χ3n) is 7.34. The minimum Gasteiger partial charge on any atom is -0.309 e. The molecule has 6 aromatic rings. The Kier molecular flexibility index (Phi) is 7.47. The van der Waals surface area contributed by atoms with E-state index < -0.39 is 0 Å². The fraction of sp³-hybridized carbons (Fsp3) is 0. The van der Waals surface area contributed by atoms with Gasteiger partial charge in [-0.25, -0.2) is 0 Å². The summed E-state index contributed by atoms with van der Waals surface area (Å²) in [5, 5.41) is 28.9. The average Bonchev–Trinajstić information content (AvgIpc) is 3.09. The van der Waals surface area contributed by atoms with Crippen molar-refractivity contribution in [1.82, 2.24) is 0 Å². The van der Waals surface area contributed by atoms with Gasteiger partial charge in [-0.1, -0.05) is 91.0 Å². The molecule has 200 valence electrons. The number of rotatable bonds is 6. The molecule has 0 heterocycles. The van der Waals surface area contributed by atoms with Crippen molar-refractivity contribution in [2.75, 3.05) is 4.90 Å². The van der Waals surface area contributed by atoms with Crippen LogP contribution < -0.4 is 4.90 Å². The lowest BCUT2D eigenvalue weighted by molar-refractivity contribution is 1.28. The van der Waals surface area contributed by atoms with Crippen molar-refractivity contribution in [3.63, 3.8) is 0 Å². The van der Waals surface area contributed by atoms with Crippen LogP contribution in [0.4, 0.5) is 17.1 Å². The second kappa shape index (κ2) is 12.0. The molecule has 0 bridgehead atoms. The van der Waals surface area contributed by atoms with Crippen LogP contribution in [-0.2, 0) is 0 Å². The Morgan fingerprint density at radius 2 is 0.651 bits per heavy atom. The van der Waals surface area contributed by atoms with E-state index in [2.05, 4.69) is 59.5 Å². The molecule has 4 heteroatoms. The van der Waals surface area contributed by atoms with E-state index >= 15 is 0 Å². The van der Waals surface area contributed by atoms with Crippen LogP contribution in [0.3, 0.4) is 0 Å². The van der Waals surface area contributed by atoms with E-state index in [1.165, 1.54) is 0 Å². The summed E-state index contributed by atoms with van der Waals surface area (Å²) < 4.78 is 0. The molecule has 0 saturated heterocycles. The van der Waals surface area contributed by atoms with E-state index in [9.17, 15) is 15.8 Å². The first kappa shape index (κ1) is 26.8. The Labute approximate surface area is 251 Å². The summed E-state index contributed by atoms with van der Waals surface area (Å²) in [7, 11) is 0. The summed E-state index contributed by atoms with van der Waals surface area (Å²) in [5.41, 5.74) is 10.2. The molecule has 0 amide bonds. The van der Waals surface area contributed by atoms with Gasteiger partial charge >= 0.3 is 0 Å². The fourth-order valence-electron chi connectivity index (χ4n) is 5.40. The Balaban J connectivity index is 1.67. The lowest BCUT2D eigenvalue weighted by Crippen LogP contribution is -2.13. The van der Waals surface area contributed by atoms with Gasteiger partial charge in [0.15, 0.2) is 0 Å². The van der Waals surface area contributed by atoms with Gasteiger partial charge in [0.2, 0.25) is 0 Å². The molecule has 0 saturated carbocycles. The third kappa shape index (κ3) is 5.36. The van der Waals surface area contributed by atoms with E-state index in [0.717, 1.165) is 50.4 Å². The standard InChI is InChI=1S/C39H24N4/c40-25-28-10-7-13-31(22-28)34-16-1-4-19-37(34)43(38-20-5-2-17-35(38)32-14-8-11-29(23-32)26-41)39-21-6-3-18-36(39)33-15-9-12-30(24-33)27-42/h1-24H. The van der Waals surface area contributed by atoms with Crippen molar-refractivity contribution in [3.05, 3.63) is 162 Å². The zero-order valence-corrected chi connectivity index (χ0v) is 23.1. The number of benzene rings is 6. The van der Waals surface area contributed by atoms with Crippen molar-refractivity contribution in [2.24, 2.45) is 0 Å². The highest BCUT2D eigenvalue weighted by Crippen LogP contribution is 2.47. The van der Waals surface area contributed by atoms with Crippen LogP contribution >= 0.6 is 0 Å². The summed E-state index contributed by atoms with van der Waals surface area (Å²) >= 11 is 0. The number of nitrogens with zero attached hydrogens (tertiary/aromatic N) is 4. The van der Waals surface area contributed by atoms with Gasteiger partial charge in [0.25, 0.3) is 0 Å². The normalized spacial score (nSPS) is 10.3. The molecular weight excluding hydrogens is 524 g/mol. The number of nitriles is 3. The van der Waals surface area contributed by atoms with Gasteiger partial charge in [0.05, 0.1) is 52.0 Å². The summed E-state index contributed by atoms with van der Waals surface area (Å²) in [5.74, 6) is 0. The SMILES string of the molecule is N#Cc1cccc(-c2ccccc2N(c2ccccc2-c2cccc(C#N)c2)c2ccccc2-c2cccc(C#N)c2)c1. The molecule has 6 rings (SSSR count). The molecule has 0 N–H and O–H groups in total. The maximum absolute atomic E-state index is 9.65. The molecule has 0 spiro atoms. The molecule has 0 aliphatic carbocycles. The van der Waals surface area contributed by atoms with Crippen molar-refractivity contribution >= 4 is 17.1 Å². The largest absolute Gasteiger partial charge is 0.309 e. The van der Waals surface area contributed by atoms with Crippen molar-refractivity contribution < 1.29 is 0 Å². The predicted octanol–water partition coefficient (Wildman–Crippen LogP) is 9.77. The highest BCUT2D eigenvalue weighted by molar-refractivity contribution is 5.97. The van der Waals surface area contributed by atoms with E-state index in [1.807, 2.05) is 91.0 Å². The summed E-state index contributed by atoms with van der Waals surface area (Å²) in [6.45, 7) is 0. The number of hydrogen-bond donors (Lipinski definition) is 0. The summed E-state index contributed by atoms with van der Waals surface area (Å²) in [4.78, 5) is 2.23. The Hall–Kier alpha value is -6.41. The molecule has 6 aromatic carbocycles. The van der Waals surface area contributed by atoms with Gasteiger partial charge in [0, 0.05) is 16.7 Å². The Morgan fingerprint density at radius 1 is 0.349 bits per heavy atom. The average molecular weight is 549 g/mol. The highest BCUT2D eigenvalue weighted by atomic mass is 15.1. The molecule has 43 heavy (non-hydrogen) atoms. The fourth-order valence-corrected chi connectivity index (χ4v) is 5.40. The van der Waals surface area contributed by atoms with Gasteiger partial charge < -0.3 is 4.90 Å². The predicted molar refractivity (Wildman–Crippen MR) is 172 cm³/mol. The third-order valence-corrected chi connectivity index (χ3v) is 7.34. The molecule has 0 aliphatic rings. The molecule has 0 atom stereocenters. The maximum atomic E-state index is 9.65. The molecule has 4 nitrogen and oxygen atoms in total. The van der Waals surface area contributed by atoms with Crippen LogP contribution in [0.15, 0.2) is 146 Å². The first-order valence-electron chi connectivity index (χ1n) is 13.8. The van der Waals surface area contributed by atoms with Gasteiger partial charge in [-0.2, -0.15) is 15.8 Å². The van der Waals surface area contributed by atoms with Gasteiger partial charge in [-0.3, -0.25) is 0 Å². The van der Waals surface area contributed by atoms with Crippen LogP contribution in [0, 0.1) is 34.0 Å². The minimum atomic E-state index is 0.585. The maximum Gasteiger partial charge on any atom is 0.0991 e. The second-order valence-corrected chi connectivity index (χ2v) is 9.96. The van der Waals surface area contributed by atoms with Crippen LogP contribution in [0.1, 0.15) is 16.7 Å². The van der Waals surface area contributed by atoms with Gasteiger partial charge in [0.1, 0.15) is 0 Å². The van der Waals surface area contributed by atoms with E-state index in [1.54, 1.807) is 18.2 Å². The van der Waals surface area contributed by atoms with Crippen LogP contribution in [0.25, 0.3) is 33.4 Å². The van der Waals surface area contributed by atoms with E-state index in [-0.39, 0.29) is 0 Å². The van der Waals surface area contributed by atoms with Crippen LogP contribution in [0.2, 0.25) is 0 Å². The van der Waals surface area contributed by atoms with Crippen molar-refractivity contribution in [1.29, 1.82) is 15.8 Å². The van der Waals surface area contributed by atoms with Crippen molar-refractivity contribution in [3.8, 4) is 51.6 Å². The quantitative estimate of drug-likeness (QED) is 0.208. The molecule has 0 radical (unpaired) electrons. The molecule has 0 fully saturated rings.